The molecule has 0 radical (unpaired) electrons. The average molecular weight is 272 g/mol. The predicted molar refractivity (Wildman–Crippen MR) is 79.6 cm³/mol. The summed E-state index contributed by atoms with van der Waals surface area (Å²) in [6.07, 6.45) is 4.97. The number of hydrogen-bond donors (Lipinski definition) is 1. The maximum atomic E-state index is 5.93. The first-order valence-electron chi connectivity index (χ1n) is 7.20. The van der Waals surface area contributed by atoms with Crippen molar-refractivity contribution in [3.63, 3.8) is 0 Å². The number of anilines is 2. The molecule has 5 nitrogen and oxygen atoms in total. The standard InChI is InChI=1S/C15H20N4O/c1-11-12(7-6-8-13(11)16)14-17-15(18-20-14)19-9-4-2-3-5-10-19/h6-8H,2-5,9-10,16H2,1H3. The molecule has 0 unspecified atom stereocenters. The summed E-state index contributed by atoms with van der Waals surface area (Å²) in [5.74, 6) is 1.25. The Kier molecular flexibility index (Phi) is 3.58. The van der Waals surface area contributed by atoms with E-state index in [1.54, 1.807) is 0 Å². The second-order valence-corrected chi connectivity index (χ2v) is 5.32. The van der Waals surface area contributed by atoms with Gasteiger partial charge in [0.1, 0.15) is 0 Å². The van der Waals surface area contributed by atoms with Crippen LogP contribution in [0.15, 0.2) is 22.7 Å². The fraction of sp³-hybridized carbons (Fsp3) is 0.467. The molecule has 0 aliphatic carbocycles. The van der Waals surface area contributed by atoms with E-state index in [1.165, 1.54) is 25.7 Å². The topological polar surface area (TPSA) is 68.2 Å². The van der Waals surface area contributed by atoms with Gasteiger partial charge in [-0.05, 0) is 42.6 Å². The van der Waals surface area contributed by atoms with Crippen LogP contribution in [0.1, 0.15) is 31.2 Å². The molecule has 2 aromatic rings. The van der Waals surface area contributed by atoms with Crippen LogP contribution in [0.3, 0.4) is 0 Å². The van der Waals surface area contributed by atoms with Crippen molar-refractivity contribution in [2.75, 3.05) is 23.7 Å². The Morgan fingerprint density at radius 1 is 1.15 bits per heavy atom. The third-order valence-corrected chi connectivity index (χ3v) is 3.91. The van der Waals surface area contributed by atoms with Crippen LogP contribution in [0.25, 0.3) is 11.5 Å². The third kappa shape index (κ3) is 2.48. The van der Waals surface area contributed by atoms with Crippen LogP contribution in [0.5, 0.6) is 0 Å². The zero-order valence-electron chi connectivity index (χ0n) is 11.8. The van der Waals surface area contributed by atoms with Crippen LogP contribution in [-0.4, -0.2) is 23.2 Å². The first-order valence-corrected chi connectivity index (χ1v) is 7.20. The number of nitrogen functional groups attached to an aromatic ring is 1. The van der Waals surface area contributed by atoms with Gasteiger partial charge in [-0.2, -0.15) is 4.98 Å². The Morgan fingerprint density at radius 2 is 1.90 bits per heavy atom. The van der Waals surface area contributed by atoms with E-state index in [2.05, 4.69) is 15.0 Å². The number of benzene rings is 1. The maximum Gasteiger partial charge on any atom is 0.266 e. The van der Waals surface area contributed by atoms with E-state index in [1.807, 2.05) is 25.1 Å². The van der Waals surface area contributed by atoms with E-state index in [4.69, 9.17) is 10.3 Å². The van der Waals surface area contributed by atoms with Gasteiger partial charge in [-0.15, -0.1) is 0 Å². The molecule has 2 heterocycles. The second kappa shape index (κ2) is 5.53. The monoisotopic (exact) mass is 272 g/mol. The summed E-state index contributed by atoms with van der Waals surface area (Å²) in [4.78, 5) is 6.75. The largest absolute Gasteiger partial charge is 0.398 e. The van der Waals surface area contributed by atoms with Gasteiger partial charge in [-0.1, -0.05) is 18.9 Å². The molecule has 1 aromatic heterocycles. The maximum absolute atomic E-state index is 5.93. The first kappa shape index (κ1) is 13.0. The molecule has 1 aliphatic rings. The highest BCUT2D eigenvalue weighted by molar-refractivity contribution is 5.67. The van der Waals surface area contributed by atoms with Gasteiger partial charge in [0.25, 0.3) is 11.8 Å². The van der Waals surface area contributed by atoms with Crippen molar-refractivity contribution in [3.8, 4) is 11.5 Å². The molecular formula is C15H20N4O. The van der Waals surface area contributed by atoms with E-state index in [0.29, 0.717) is 11.8 Å². The highest BCUT2D eigenvalue weighted by Crippen LogP contribution is 2.27. The van der Waals surface area contributed by atoms with Crippen LogP contribution in [0.2, 0.25) is 0 Å². The average Bonchev–Trinajstić information content (AvgIpc) is 2.77. The van der Waals surface area contributed by atoms with Crippen molar-refractivity contribution in [1.29, 1.82) is 0 Å². The number of hydrogen-bond acceptors (Lipinski definition) is 5. The molecule has 0 bridgehead atoms. The Bertz CT molecular complexity index is 585. The summed E-state index contributed by atoms with van der Waals surface area (Å²) < 4.78 is 5.42. The Morgan fingerprint density at radius 3 is 2.65 bits per heavy atom. The van der Waals surface area contributed by atoms with Gasteiger partial charge in [0.05, 0.1) is 0 Å². The Hall–Kier alpha value is -2.04. The van der Waals surface area contributed by atoms with Crippen molar-refractivity contribution in [3.05, 3.63) is 23.8 Å². The molecule has 1 fully saturated rings. The first-order chi connectivity index (χ1) is 9.75. The van der Waals surface area contributed by atoms with E-state index < -0.39 is 0 Å². The fourth-order valence-corrected chi connectivity index (χ4v) is 2.61. The van der Waals surface area contributed by atoms with E-state index in [9.17, 15) is 0 Å². The zero-order chi connectivity index (χ0) is 13.9. The lowest BCUT2D eigenvalue weighted by Gasteiger charge is -2.16. The number of nitrogens with two attached hydrogens (primary N) is 1. The Balaban J connectivity index is 1.87. The van der Waals surface area contributed by atoms with Gasteiger partial charge >= 0.3 is 0 Å². The normalized spacial score (nSPS) is 16.1. The lowest BCUT2D eigenvalue weighted by Crippen LogP contribution is -2.24. The molecule has 1 aliphatic heterocycles. The quantitative estimate of drug-likeness (QED) is 0.851. The molecular weight excluding hydrogens is 252 g/mol. The number of rotatable bonds is 2. The SMILES string of the molecule is Cc1c(N)cccc1-c1nc(N2CCCCCC2)no1. The molecule has 5 heteroatoms. The third-order valence-electron chi connectivity index (χ3n) is 3.91. The Labute approximate surface area is 118 Å². The van der Waals surface area contributed by atoms with Gasteiger partial charge < -0.3 is 15.2 Å². The number of aromatic nitrogens is 2. The molecule has 1 aromatic carbocycles. The van der Waals surface area contributed by atoms with Gasteiger partial charge in [-0.3, -0.25) is 0 Å². The van der Waals surface area contributed by atoms with Crippen LogP contribution in [-0.2, 0) is 0 Å². The molecule has 1 saturated heterocycles. The van der Waals surface area contributed by atoms with Crippen molar-refractivity contribution in [2.24, 2.45) is 0 Å². The highest BCUT2D eigenvalue weighted by atomic mass is 16.5. The molecule has 0 amide bonds. The summed E-state index contributed by atoms with van der Waals surface area (Å²) >= 11 is 0. The van der Waals surface area contributed by atoms with Crippen molar-refractivity contribution in [1.82, 2.24) is 10.1 Å². The zero-order valence-corrected chi connectivity index (χ0v) is 11.8. The smallest absolute Gasteiger partial charge is 0.266 e. The van der Waals surface area contributed by atoms with E-state index in [-0.39, 0.29) is 0 Å². The fourth-order valence-electron chi connectivity index (χ4n) is 2.61. The second-order valence-electron chi connectivity index (χ2n) is 5.32. The van der Waals surface area contributed by atoms with Gasteiger partial charge in [0, 0.05) is 24.3 Å². The molecule has 0 saturated carbocycles. The van der Waals surface area contributed by atoms with Gasteiger partial charge in [0.2, 0.25) is 0 Å². The summed E-state index contributed by atoms with van der Waals surface area (Å²) in [6.45, 7) is 3.99. The van der Waals surface area contributed by atoms with Gasteiger partial charge in [0.15, 0.2) is 0 Å². The van der Waals surface area contributed by atoms with E-state index in [0.717, 1.165) is 29.9 Å². The molecule has 2 N–H and O–H groups in total. The summed E-state index contributed by atoms with van der Waals surface area (Å²) in [6, 6.07) is 5.75. The van der Waals surface area contributed by atoms with Gasteiger partial charge in [-0.25, -0.2) is 0 Å². The molecule has 3 rings (SSSR count). The highest BCUT2D eigenvalue weighted by Gasteiger charge is 2.18. The molecule has 0 atom stereocenters. The number of nitrogens with zero attached hydrogens (tertiary/aromatic N) is 3. The minimum absolute atomic E-state index is 0.550. The van der Waals surface area contributed by atoms with Crippen LogP contribution in [0.4, 0.5) is 11.6 Å². The lowest BCUT2D eigenvalue weighted by molar-refractivity contribution is 0.429. The predicted octanol–water partition coefficient (Wildman–Crippen LogP) is 3.01. The van der Waals surface area contributed by atoms with Crippen LogP contribution >= 0.6 is 0 Å². The van der Waals surface area contributed by atoms with Crippen molar-refractivity contribution >= 4 is 11.6 Å². The lowest BCUT2D eigenvalue weighted by atomic mass is 10.1. The minimum Gasteiger partial charge on any atom is -0.398 e. The molecule has 0 spiro atoms. The van der Waals surface area contributed by atoms with Crippen LogP contribution < -0.4 is 10.6 Å². The van der Waals surface area contributed by atoms with Crippen LogP contribution in [0, 0.1) is 6.92 Å². The summed E-state index contributed by atoms with van der Waals surface area (Å²) in [7, 11) is 0. The molecule has 106 valence electrons. The summed E-state index contributed by atoms with van der Waals surface area (Å²) in [5, 5.41) is 4.13. The molecule has 20 heavy (non-hydrogen) atoms. The van der Waals surface area contributed by atoms with E-state index >= 15 is 0 Å². The van der Waals surface area contributed by atoms with Crippen molar-refractivity contribution < 1.29 is 4.52 Å². The minimum atomic E-state index is 0.550. The summed E-state index contributed by atoms with van der Waals surface area (Å²) in [5.41, 5.74) is 8.58. The van der Waals surface area contributed by atoms with Crippen molar-refractivity contribution in [2.45, 2.75) is 32.6 Å².